The number of hydrogen-bond donors (Lipinski definition) is 3. The fourth-order valence-corrected chi connectivity index (χ4v) is 8.52. The Hall–Kier alpha value is -0.160. The summed E-state index contributed by atoms with van der Waals surface area (Å²) in [5.41, 5.74) is 3.00. The summed E-state index contributed by atoms with van der Waals surface area (Å²) in [6.07, 6.45) is 15.4. The van der Waals surface area contributed by atoms with Crippen molar-refractivity contribution in [1.29, 1.82) is 0 Å². The monoisotopic (exact) mass is 576 g/mol. The second-order valence-corrected chi connectivity index (χ2v) is 18.4. The third-order valence-corrected chi connectivity index (χ3v) is 12.5. The minimum atomic E-state index is 0.218. The highest BCUT2D eigenvalue weighted by Gasteiger charge is 2.46. The van der Waals surface area contributed by atoms with Crippen molar-refractivity contribution in [2.45, 2.75) is 145 Å². The van der Waals surface area contributed by atoms with E-state index in [0.717, 1.165) is 42.9 Å². The molecule has 0 aromatic heterocycles. The van der Waals surface area contributed by atoms with Crippen molar-refractivity contribution >= 4 is 0 Å². The fraction of sp³-hybridized carbons (Fsp3) is 1.00. The quantitative estimate of drug-likeness (QED) is 0.315. The largest absolute Gasteiger partial charge is 0.372 e. The van der Waals surface area contributed by atoms with Crippen LogP contribution in [-0.4, -0.2) is 52.0 Å². The van der Waals surface area contributed by atoms with Gasteiger partial charge in [-0.15, -0.1) is 0 Å². The van der Waals surface area contributed by atoms with Crippen LogP contribution >= 0.6 is 0 Å². The molecule has 3 saturated heterocycles. The molecule has 3 aliphatic heterocycles. The molecule has 3 heterocycles. The minimum Gasteiger partial charge on any atom is -0.372 e. The van der Waals surface area contributed by atoms with Gasteiger partial charge in [-0.3, -0.25) is 0 Å². The Balaban J connectivity index is 0.000000170. The molecule has 2 aliphatic carbocycles. The van der Waals surface area contributed by atoms with Crippen LogP contribution in [0, 0.1) is 44.8 Å². The first-order chi connectivity index (χ1) is 19.0. The average molecular weight is 576 g/mol. The van der Waals surface area contributed by atoms with E-state index in [1.807, 2.05) is 0 Å². The Bertz CT molecular complexity index is 737. The maximum absolute atomic E-state index is 5.86. The number of hydrogen-bond acceptors (Lipinski definition) is 4. The lowest BCUT2D eigenvalue weighted by Gasteiger charge is -2.51. The van der Waals surface area contributed by atoms with Crippen LogP contribution in [0.5, 0.6) is 0 Å². The van der Waals surface area contributed by atoms with Gasteiger partial charge in [0.05, 0.1) is 5.60 Å². The van der Waals surface area contributed by atoms with Gasteiger partial charge in [0.1, 0.15) is 0 Å². The van der Waals surface area contributed by atoms with Crippen LogP contribution < -0.4 is 16.0 Å². The third kappa shape index (κ3) is 9.66. The summed E-state index contributed by atoms with van der Waals surface area (Å²) < 4.78 is 5.86. The lowest BCUT2D eigenvalue weighted by atomic mass is 9.60. The summed E-state index contributed by atoms with van der Waals surface area (Å²) in [5.74, 6) is 2.72. The summed E-state index contributed by atoms with van der Waals surface area (Å²) in [4.78, 5) is 0. The molecule has 41 heavy (non-hydrogen) atoms. The first-order valence-corrected chi connectivity index (χ1v) is 17.7. The van der Waals surface area contributed by atoms with E-state index >= 15 is 0 Å². The predicted molar refractivity (Wildman–Crippen MR) is 179 cm³/mol. The zero-order chi connectivity index (χ0) is 30.6. The smallest absolute Gasteiger partial charge is 0.0932 e. The van der Waals surface area contributed by atoms with E-state index in [9.17, 15) is 0 Å². The van der Waals surface area contributed by atoms with E-state index in [1.165, 1.54) is 90.3 Å². The molecular formula is C37H73N3O. The van der Waals surface area contributed by atoms with Crippen molar-refractivity contribution in [2.24, 2.45) is 44.8 Å². The molecule has 0 radical (unpaired) electrons. The maximum Gasteiger partial charge on any atom is 0.0932 e. The van der Waals surface area contributed by atoms with E-state index in [4.69, 9.17) is 4.74 Å². The number of nitrogens with one attached hydrogen (secondary N) is 3. The van der Waals surface area contributed by atoms with Gasteiger partial charge < -0.3 is 20.7 Å². The zero-order valence-electron chi connectivity index (χ0n) is 29.7. The van der Waals surface area contributed by atoms with Gasteiger partial charge >= 0.3 is 0 Å². The normalized spacial score (nSPS) is 33.0. The highest BCUT2D eigenvalue weighted by molar-refractivity contribution is 5.00. The first kappa shape index (κ1) is 35.3. The Morgan fingerprint density at radius 3 is 1.78 bits per heavy atom. The topological polar surface area (TPSA) is 45.3 Å². The second-order valence-electron chi connectivity index (χ2n) is 18.4. The standard InChI is InChI=1S/C14H29N.C12H23N.C11H21NO/c1-6-13(2,3)12-8-7-9-14(4,10-12)11-15-5;1-11(2,3)10-5-4-6-12(7-10)8-13-9-12;1-10(2,3)9-4-5-13-11(6-9)7-12-8-11/h12,15H,6-11H2,1-5H3;10,13H,4-9H2,1-3H3;9,12H,4-8H2,1-3H3/t12-,14?;;/m1../s1. The molecule has 3 unspecified atom stereocenters. The Labute approximate surface area is 257 Å². The fourth-order valence-electron chi connectivity index (χ4n) is 8.52. The van der Waals surface area contributed by atoms with Gasteiger partial charge in [-0.25, -0.2) is 0 Å². The number of rotatable bonds is 4. The molecule has 2 spiro atoms. The van der Waals surface area contributed by atoms with Crippen LogP contribution in [0.1, 0.15) is 140 Å². The van der Waals surface area contributed by atoms with Crippen LogP contribution in [-0.2, 0) is 4.74 Å². The molecule has 2 saturated carbocycles. The summed E-state index contributed by atoms with van der Waals surface area (Å²) in [5, 5.41) is 10.1. The predicted octanol–water partition coefficient (Wildman–Crippen LogP) is 8.45. The van der Waals surface area contributed by atoms with E-state index in [-0.39, 0.29) is 5.60 Å². The van der Waals surface area contributed by atoms with Gasteiger partial charge in [-0.1, -0.05) is 88.5 Å². The van der Waals surface area contributed by atoms with Crippen LogP contribution in [0.3, 0.4) is 0 Å². The molecular weight excluding hydrogens is 502 g/mol. The van der Waals surface area contributed by atoms with E-state index < -0.39 is 0 Å². The SMILES string of the molecule is CC(C)(C)C1CCCC2(CNC2)C1.CC(C)(C)C1CCOC2(CNC2)C1.CCC(C)(C)[C@@H]1CCCC(C)(CNC)C1. The molecule has 3 N–H and O–H groups in total. The van der Waals surface area contributed by atoms with Crippen LogP contribution in [0.25, 0.3) is 0 Å². The van der Waals surface area contributed by atoms with Gasteiger partial charge in [0.15, 0.2) is 0 Å². The summed E-state index contributed by atoms with van der Waals surface area (Å²) in [6.45, 7) is 30.8. The zero-order valence-corrected chi connectivity index (χ0v) is 29.7. The molecule has 0 aromatic rings. The highest BCUT2D eigenvalue weighted by atomic mass is 16.5. The number of ether oxygens (including phenoxy) is 1. The van der Waals surface area contributed by atoms with Crippen molar-refractivity contribution in [3.05, 3.63) is 0 Å². The molecule has 5 rings (SSSR count). The average Bonchev–Trinajstić information content (AvgIpc) is 2.87. The van der Waals surface area contributed by atoms with Crippen LogP contribution in [0.2, 0.25) is 0 Å². The molecule has 0 aromatic carbocycles. The molecule has 5 fully saturated rings. The van der Waals surface area contributed by atoms with Crippen molar-refractivity contribution in [2.75, 3.05) is 46.4 Å². The molecule has 4 nitrogen and oxygen atoms in total. The summed E-state index contributed by atoms with van der Waals surface area (Å²) in [7, 11) is 2.08. The minimum absolute atomic E-state index is 0.218. The van der Waals surface area contributed by atoms with E-state index in [1.54, 1.807) is 0 Å². The van der Waals surface area contributed by atoms with Crippen molar-refractivity contribution in [3.63, 3.8) is 0 Å². The molecule has 5 aliphatic rings. The lowest BCUT2D eigenvalue weighted by molar-refractivity contribution is -0.140. The second kappa shape index (κ2) is 13.9. The molecule has 0 bridgehead atoms. The van der Waals surface area contributed by atoms with Crippen molar-refractivity contribution in [3.8, 4) is 0 Å². The molecule has 4 atom stereocenters. The first-order valence-electron chi connectivity index (χ1n) is 17.7. The van der Waals surface area contributed by atoms with E-state index in [0.29, 0.717) is 21.7 Å². The van der Waals surface area contributed by atoms with Gasteiger partial charge in [0.2, 0.25) is 0 Å². The van der Waals surface area contributed by atoms with Crippen molar-refractivity contribution < 1.29 is 4.74 Å². The molecule has 0 amide bonds. The highest BCUT2D eigenvalue weighted by Crippen LogP contribution is 2.49. The third-order valence-electron chi connectivity index (χ3n) is 12.5. The summed E-state index contributed by atoms with van der Waals surface area (Å²) in [6, 6.07) is 0. The maximum atomic E-state index is 5.86. The lowest BCUT2D eigenvalue weighted by Crippen LogP contribution is -2.64. The Morgan fingerprint density at radius 1 is 0.732 bits per heavy atom. The van der Waals surface area contributed by atoms with Crippen LogP contribution in [0.4, 0.5) is 0 Å². The van der Waals surface area contributed by atoms with Crippen molar-refractivity contribution in [1.82, 2.24) is 16.0 Å². The molecule has 4 heteroatoms. The molecule has 242 valence electrons. The van der Waals surface area contributed by atoms with Gasteiger partial charge in [-0.05, 0) is 103 Å². The Kier molecular flexibility index (Phi) is 11.9. The van der Waals surface area contributed by atoms with Gasteiger partial charge in [0, 0.05) is 39.3 Å². The summed E-state index contributed by atoms with van der Waals surface area (Å²) >= 11 is 0. The van der Waals surface area contributed by atoms with E-state index in [2.05, 4.69) is 92.2 Å². The van der Waals surface area contributed by atoms with Gasteiger partial charge in [-0.2, -0.15) is 0 Å². The van der Waals surface area contributed by atoms with Crippen LogP contribution in [0.15, 0.2) is 0 Å². The Morgan fingerprint density at radius 2 is 1.29 bits per heavy atom. The van der Waals surface area contributed by atoms with Gasteiger partial charge in [0.25, 0.3) is 0 Å².